The number of benzene rings is 6. The Labute approximate surface area is 429 Å². The molecule has 15 nitrogen and oxygen atoms in total. The standard InChI is InChI=1S/C58H47N5O10S/c64-31-32-71-43-20-12-19-41(34-43)52-58(44-33-37(24-23-36-13-4-1-5-14-36)27-30-46(44)61(55(58)67)57(68)72-35-38-25-28-42(29-26-38)63(69)70)48(53(65)60-56-59-45-21-10-11-22-47(45)74-56)50-54(66)73-51(40-17-8-3-9-18-40)49(62(50)52)39-15-6-2-7-16-39/h2-3,6-13,15-22,25-30,33-34,48-52,64H,1,4-5,14,31-32,35H2,(H,59,60,65)/t48-,49-,50-,51+,52+,58-/m0/s1. The summed E-state index contributed by atoms with van der Waals surface area (Å²) in [6.07, 6.45) is 3.83. The minimum atomic E-state index is -2.15. The average Bonchev–Trinajstić information content (AvgIpc) is 4.12. The lowest BCUT2D eigenvalue weighted by atomic mass is 9.65. The number of fused-ring (bicyclic) bond motifs is 4. The summed E-state index contributed by atoms with van der Waals surface area (Å²) in [6.45, 7) is -0.709. The van der Waals surface area contributed by atoms with Crippen LogP contribution in [0, 0.1) is 27.9 Å². The number of rotatable bonds is 11. The van der Waals surface area contributed by atoms with Gasteiger partial charge in [-0.3, -0.25) is 29.4 Å². The fourth-order valence-corrected chi connectivity index (χ4v) is 11.9. The maximum Gasteiger partial charge on any atom is 0.421 e. The van der Waals surface area contributed by atoms with E-state index >= 15 is 14.4 Å². The number of aliphatic hydroxyl groups excluding tert-OH is 1. The summed E-state index contributed by atoms with van der Waals surface area (Å²) >= 11 is 1.23. The smallest absolute Gasteiger partial charge is 0.421 e. The van der Waals surface area contributed by atoms with E-state index in [4.69, 9.17) is 19.2 Å². The number of cyclic esters (lactones) is 1. The lowest BCUT2D eigenvalue weighted by Crippen LogP contribution is -2.54. The number of hydrogen-bond acceptors (Lipinski definition) is 13. The number of esters is 1. The molecule has 0 radical (unpaired) electrons. The molecule has 4 aliphatic rings. The number of aromatic nitrogens is 1. The molecule has 74 heavy (non-hydrogen) atoms. The molecule has 2 fully saturated rings. The van der Waals surface area contributed by atoms with Gasteiger partial charge >= 0.3 is 12.1 Å². The summed E-state index contributed by atoms with van der Waals surface area (Å²) in [5.74, 6) is 2.98. The molecule has 3 aliphatic heterocycles. The number of non-ortho nitro benzene ring substituents is 1. The topological polar surface area (TPSA) is 191 Å². The van der Waals surface area contributed by atoms with E-state index in [2.05, 4.69) is 23.2 Å². The molecule has 0 bridgehead atoms. The summed E-state index contributed by atoms with van der Waals surface area (Å²) < 4.78 is 19.4. The number of nitrogens with zero attached hydrogens (tertiary/aromatic N) is 4. The second kappa shape index (κ2) is 20.2. The first-order valence-electron chi connectivity index (χ1n) is 24.3. The van der Waals surface area contributed by atoms with Gasteiger partial charge in [-0.1, -0.05) is 114 Å². The molecule has 0 saturated carbocycles. The largest absolute Gasteiger partial charge is 0.491 e. The van der Waals surface area contributed by atoms with Gasteiger partial charge in [-0.25, -0.2) is 14.7 Å². The first-order chi connectivity index (χ1) is 36.1. The molecule has 6 atom stereocenters. The minimum Gasteiger partial charge on any atom is -0.491 e. The highest BCUT2D eigenvalue weighted by Gasteiger charge is 2.76. The number of imide groups is 1. The third-order valence-corrected chi connectivity index (χ3v) is 15.1. The molecule has 6 aromatic carbocycles. The zero-order valence-corrected chi connectivity index (χ0v) is 40.5. The SMILES string of the molecule is O=C1O[C@H](c2ccccc2)[C@H](c2ccccc2)N2[C@H]1[C@@H](C(=O)Nc1nc3ccccc3s1)[C@]1(C(=O)N(C(=O)OCc3ccc([N+](=O)[O-])cc3)c3ccc(C#CC4=CCCCC4)cc31)[C@H]2c1cccc(OCCO)c1. The van der Waals surface area contributed by atoms with E-state index in [9.17, 15) is 20.0 Å². The van der Waals surface area contributed by atoms with Crippen LogP contribution in [0.25, 0.3) is 10.2 Å². The molecule has 1 spiro atoms. The first kappa shape index (κ1) is 47.8. The number of nitrogens with one attached hydrogen (secondary N) is 1. The van der Waals surface area contributed by atoms with Crippen molar-refractivity contribution in [2.45, 2.75) is 61.9 Å². The monoisotopic (exact) mass is 1010 g/mol. The Bertz CT molecular complexity index is 3390. The molecule has 7 aromatic rings. The predicted molar refractivity (Wildman–Crippen MR) is 276 cm³/mol. The van der Waals surface area contributed by atoms with Crippen molar-refractivity contribution < 1.29 is 43.4 Å². The average molecular weight is 1010 g/mol. The van der Waals surface area contributed by atoms with Crippen LogP contribution in [0.3, 0.4) is 0 Å². The Morgan fingerprint density at radius 1 is 0.851 bits per heavy atom. The molecule has 2 saturated heterocycles. The highest BCUT2D eigenvalue weighted by atomic mass is 32.1. The normalized spacial score (nSPS) is 22.0. The van der Waals surface area contributed by atoms with E-state index in [1.54, 1.807) is 42.5 Å². The van der Waals surface area contributed by atoms with Gasteiger partial charge in [-0.2, -0.15) is 0 Å². The van der Waals surface area contributed by atoms with Crippen LogP contribution in [0.15, 0.2) is 163 Å². The summed E-state index contributed by atoms with van der Waals surface area (Å²) in [6, 6.07) is 40.0. The maximum atomic E-state index is 16.7. The van der Waals surface area contributed by atoms with Gasteiger partial charge in [0.05, 0.1) is 45.4 Å². The van der Waals surface area contributed by atoms with Gasteiger partial charge in [0, 0.05) is 17.7 Å². The number of para-hydroxylation sites is 1. The number of carbonyl (C=O) groups excluding carboxylic acids is 4. The number of carbonyl (C=O) groups is 4. The molecular formula is C58H47N5O10S. The Balaban J connectivity index is 1.17. The van der Waals surface area contributed by atoms with Crippen molar-refractivity contribution >= 4 is 61.9 Å². The van der Waals surface area contributed by atoms with Gasteiger partial charge in [0.2, 0.25) is 11.8 Å². The van der Waals surface area contributed by atoms with Crippen molar-refractivity contribution in [3.63, 3.8) is 0 Å². The number of thiazole rings is 1. The summed E-state index contributed by atoms with van der Waals surface area (Å²) in [5, 5.41) is 24.6. The van der Waals surface area contributed by atoms with Crippen molar-refractivity contribution in [3.8, 4) is 17.6 Å². The fraction of sp³-hybridized carbons (Fsp3) is 0.224. The molecule has 4 heterocycles. The fourth-order valence-electron chi connectivity index (χ4n) is 11.0. The molecular weight excluding hydrogens is 959 g/mol. The van der Waals surface area contributed by atoms with Crippen LogP contribution < -0.4 is 15.0 Å². The van der Waals surface area contributed by atoms with Gasteiger partial charge in [0.1, 0.15) is 36.5 Å². The zero-order chi connectivity index (χ0) is 50.9. The van der Waals surface area contributed by atoms with Crippen LogP contribution in [-0.2, 0) is 35.9 Å². The second-order valence-electron chi connectivity index (χ2n) is 18.5. The number of hydrogen-bond donors (Lipinski definition) is 2. The third kappa shape index (κ3) is 8.64. The number of allylic oxidation sites excluding steroid dienone is 2. The number of aliphatic hydroxyl groups is 1. The number of ether oxygens (including phenoxy) is 3. The van der Waals surface area contributed by atoms with Gasteiger partial charge in [-0.15, -0.1) is 0 Å². The van der Waals surface area contributed by atoms with Crippen molar-refractivity contribution in [3.05, 3.63) is 207 Å². The number of nitro benzene ring substituents is 1. The van der Waals surface area contributed by atoms with Crippen LogP contribution in [0.4, 0.5) is 21.3 Å². The van der Waals surface area contributed by atoms with Gasteiger partial charge in [0.25, 0.3) is 5.69 Å². The maximum absolute atomic E-state index is 16.7. The van der Waals surface area contributed by atoms with Crippen LogP contribution in [-0.4, -0.2) is 63.0 Å². The summed E-state index contributed by atoms with van der Waals surface area (Å²) in [4.78, 5) is 81.9. The van der Waals surface area contributed by atoms with E-state index in [0.29, 0.717) is 39.1 Å². The van der Waals surface area contributed by atoms with E-state index in [0.717, 1.165) is 40.9 Å². The molecule has 3 amide bonds. The van der Waals surface area contributed by atoms with Crippen LogP contribution in [0.5, 0.6) is 5.75 Å². The molecule has 16 heteroatoms. The van der Waals surface area contributed by atoms with E-state index in [-0.39, 0.29) is 41.9 Å². The molecule has 1 aromatic heterocycles. The molecule has 11 rings (SSSR count). The highest BCUT2D eigenvalue weighted by Crippen LogP contribution is 2.66. The summed E-state index contributed by atoms with van der Waals surface area (Å²) in [5.41, 5.74) is 2.36. The van der Waals surface area contributed by atoms with Crippen molar-refractivity contribution in [2.24, 2.45) is 5.92 Å². The van der Waals surface area contributed by atoms with Gasteiger partial charge in [-0.05, 0) is 114 Å². The van der Waals surface area contributed by atoms with E-state index < -0.39 is 64.4 Å². The van der Waals surface area contributed by atoms with Gasteiger partial charge < -0.3 is 24.6 Å². The number of morpholine rings is 1. The lowest BCUT2D eigenvalue weighted by molar-refractivity contribution is -0.384. The first-order valence-corrected chi connectivity index (χ1v) is 25.1. The molecule has 0 unspecified atom stereocenters. The number of anilines is 2. The van der Waals surface area contributed by atoms with Gasteiger partial charge in [0.15, 0.2) is 5.13 Å². The van der Waals surface area contributed by atoms with Crippen LogP contribution >= 0.6 is 11.3 Å². The predicted octanol–water partition coefficient (Wildman–Crippen LogP) is 10.1. The van der Waals surface area contributed by atoms with E-state index in [1.807, 2.05) is 89.8 Å². The van der Waals surface area contributed by atoms with Crippen LogP contribution in [0.1, 0.15) is 77.3 Å². The Morgan fingerprint density at radius 2 is 1.59 bits per heavy atom. The third-order valence-electron chi connectivity index (χ3n) is 14.1. The van der Waals surface area contributed by atoms with Crippen LogP contribution in [0.2, 0.25) is 0 Å². The lowest BCUT2D eigenvalue weighted by Gasteiger charge is -2.46. The number of nitro groups is 1. The van der Waals surface area contributed by atoms with Crippen molar-refractivity contribution in [1.82, 2.24) is 9.88 Å². The molecule has 370 valence electrons. The quantitative estimate of drug-likeness (QED) is 0.0541. The Kier molecular flexibility index (Phi) is 13.0. The Morgan fingerprint density at radius 3 is 2.32 bits per heavy atom. The van der Waals surface area contributed by atoms with E-state index in [1.165, 1.54) is 35.6 Å². The highest BCUT2D eigenvalue weighted by molar-refractivity contribution is 7.22. The number of amides is 3. The minimum absolute atomic E-state index is 0.0531. The zero-order valence-electron chi connectivity index (χ0n) is 39.7. The Hall–Kier alpha value is -8.49. The van der Waals surface area contributed by atoms with Crippen molar-refractivity contribution in [2.75, 3.05) is 23.4 Å². The summed E-state index contributed by atoms with van der Waals surface area (Å²) in [7, 11) is 0. The molecule has 2 N–H and O–H groups in total. The van der Waals surface area contributed by atoms with Crippen molar-refractivity contribution in [1.29, 1.82) is 0 Å². The molecule has 1 aliphatic carbocycles. The second-order valence-corrected chi connectivity index (χ2v) is 19.5.